The summed E-state index contributed by atoms with van der Waals surface area (Å²) >= 11 is 1.20. The lowest BCUT2D eigenvalue weighted by Crippen LogP contribution is -2.21. The first-order valence-corrected chi connectivity index (χ1v) is 11.9. The smallest absolute Gasteiger partial charge is 0.226 e. The number of nitrogen functional groups attached to an aromatic ring is 1. The van der Waals surface area contributed by atoms with Crippen LogP contribution in [-0.4, -0.2) is 39.5 Å². The maximum Gasteiger partial charge on any atom is 0.226 e. The molecule has 37 heavy (non-hydrogen) atoms. The van der Waals surface area contributed by atoms with E-state index in [2.05, 4.69) is 16.0 Å². The number of benzene rings is 2. The Kier molecular flexibility index (Phi) is 8.01. The molecule has 2 heterocycles. The Morgan fingerprint density at radius 3 is 2.51 bits per heavy atom. The number of thioether (sulfide) groups is 1. The van der Waals surface area contributed by atoms with Crippen LogP contribution in [0.25, 0.3) is 22.6 Å². The number of anilines is 1. The highest BCUT2D eigenvalue weighted by Gasteiger charge is 2.21. The van der Waals surface area contributed by atoms with Crippen LogP contribution in [-0.2, 0) is 5.75 Å². The fraction of sp³-hybridized carbons (Fsp3) is 0.154. The van der Waals surface area contributed by atoms with E-state index < -0.39 is 18.5 Å². The molecular formula is C26H20FN5O4S. The summed E-state index contributed by atoms with van der Waals surface area (Å²) in [6, 6.07) is 16.6. The molecule has 2 aromatic heterocycles. The van der Waals surface area contributed by atoms with Gasteiger partial charge in [-0.15, -0.1) is 0 Å². The van der Waals surface area contributed by atoms with E-state index in [4.69, 9.17) is 20.0 Å². The number of nitriles is 2. The second-order valence-electron chi connectivity index (χ2n) is 7.77. The summed E-state index contributed by atoms with van der Waals surface area (Å²) in [6.45, 7) is -0.513. The number of rotatable bonds is 9. The van der Waals surface area contributed by atoms with Gasteiger partial charge in [0.25, 0.3) is 0 Å². The number of halogens is 1. The minimum absolute atomic E-state index is 0.0222. The summed E-state index contributed by atoms with van der Waals surface area (Å²) in [5, 5.41) is 38.4. The van der Waals surface area contributed by atoms with Crippen molar-refractivity contribution in [2.24, 2.45) is 0 Å². The van der Waals surface area contributed by atoms with E-state index >= 15 is 0 Å². The number of aliphatic hydroxyl groups excluding tert-OH is 2. The third-order valence-electron chi connectivity index (χ3n) is 5.19. The average Bonchev–Trinajstić information content (AvgIpc) is 3.39. The van der Waals surface area contributed by atoms with E-state index in [1.54, 1.807) is 36.4 Å². The number of nitrogens with zero attached hydrogens (tertiary/aromatic N) is 4. The van der Waals surface area contributed by atoms with E-state index in [9.17, 15) is 20.0 Å². The van der Waals surface area contributed by atoms with Gasteiger partial charge in [-0.3, -0.25) is 0 Å². The van der Waals surface area contributed by atoms with Crippen molar-refractivity contribution >= 4 is 17.6 Å². The van der Waals surface area contributed by atoms with Crippen molar-refractivity contribution in [1.29, 1.82) is 10.5 Å². The molecule has 0 aliphatic heterocycles. The van der Waals surface area contributed by atoms with Crippen LogP contribution < -0.4 is 10.5 Å². The molecule has 0 aliphatic rings. The van der Waals surface area contributed by atoms with Crippen molar-refractivity contribution in [3.05, 3.63) is 77.4 Å². The number of oxazole rings is 1. The summed E-state index contributed by atoms with van der Waals surface area (Å²) < 4.78 is 24.4. The van der Waals surface area contributed by atoms with E-state index in [0.717, 1.165) is 0 Å². The van der Waals surface area contributed by atoms with Crippen LogP contribution in [0.5, 0.6) is 5.75 Å². The standard InChI is InChI=1S/C26H20FN5O4S/c27-17-3-1-2-16(8-17)25-31-18(12-36-25)14-37-26-22(10-29)23(21(9-28)24(30)32-26)15-4-6-20(7-5-15)35-13-19(34)11-33/h1-8,12,19,33-34H,11,13-14H2,(H2,30,32)/t19-/m0/s1. The number of nitrogens with two attached hydrogens (primary N) is 1. The lowest BCUT2D eigenvalue weighted by atomic mass is 9.97. The summed E-state index contributed by atoms with van der Waals surface area (Å²) in [6.07, 6.45) is 0.434. The van der Waals surface area contributed by atoms with Crippen LogP contribution >= 0.6 is 11.8 Å². The zero-order chi connectivity index (χ0) is 26.4. The molecular weight excluding hydrogens is 497 g/mol. The van der Waals surface area contributed by atoms with Crippen molar-refractivity contribution in [2.75, 3.05) is 18.9 Å². The zero-order valence-corrected chi connectivity index (χ0v) is 20.1. The zero-order valence-electron chi connectivity index (χ0n) is 19.3. The van der Waals surface area contributed by atoms with Gasteiger partial charge in [-0.2, -0.15) is 10.5 Å². The lowest BCUT2D eigenvalue weighted by molar-refractivity contribution is 0.0536. The number of aromatic nitrogens is 2. The SMILES string of the molecule is N#Cc1c(N)nc(SCc2coc(-c3cccc(F)c3)n2)c(C#N)c1-c1ccc(OC[C@@H](O)CO)cc1. The van der Waals surface area contributed by atoms with Crippen LogP contribution in [0.4, 0.5) is 10.2 Å². The van der Waals surface area contributed by atoms with Gasteiger partial charge in [-0.05, 0) is 35.9 Å². The van der Waals surface area contributed by atoms with Gasteiger partial charge in [0.15, 0.2) is 0 Å². The summed E-state index contributed by atoms with van der Waals surface area (Å²) in [5.74, 6) is 0.552. The van der Waals surface area contributed by atoms with E-state index in [1.165, 1.54) is 30.2 Å². The molecule has 0 unspecified atom stereocenters. The van der Waals surface area contributed by atoms with Crippen LogP contribution in [0.1, 0.15) is 16.8 Å². The van der Waals surface area contributed by atoms with E-state index in [-0.39, 0.29) is 35.2 Å². The molecule has 1 atom stereocenters. The second-order valence-corrected chi connectivity index (χ2v) is 8.73. The van der Waals surface area contributed by atoms with Crippen molar-refractivity contribution in [1.82, 2.24) is 9.97 Å². The quantitative estimate of drug-likeness (QED) is 0.278. The molecule has 0 saturated heterocycles. The monoisotopic (exact) mass is 517 g/mol. The number of aliphatic hydroxyl groups is 2. The Morgan fingerprint density at radius 2 is 1.84 bits per heavy atom. The predicted molar refractivity (Wildman–Crippen MR) is 134 cm³/mol. The first-order valence-electron chi connectivity index (χ1n) is 10.9. The van der Waals surface area contributed by atoms with Gasteiger partial charge in [0.1, 0.15) is 59.1 Å². The molecule has 4 N–H and O–H groups in total. The van der Waals surface area contributed by atoms with Crippen LogP contribution in [0.3, 0.4) is 0 Å². The first kappa shape index (κ1) is 25.7. The molecule has 0 fully saturated rings. The van der Waals surface area contributed by atoms with Crippen molar-refractivity contribution < 1.29 is 23.8 Å². The molecule has 9 nitrogen and oxygen atoms in total. The normalized spacial score (nSPS) is 11.5. The average molecular weight is 518 g/mol. The van der Waals surface area contributed by atoms with Gasteiger partial charge in [0.05, 0.1) is 17.9 Å². The Morgan fingerprint density at radius 1 is 1.08 bits per heavy atom. The summed E-state index contributed by atoms with van der Waals surface area (Å²) in [5.41, 5.74) is 8.25. The van der Waals surface area contributed by atoms with Gasteiger partial charge in [-0.1, -0.05) is 30.0 Å². The minimum atomic E-state index is -1.01. The van der Waals surface area contributed by atoms with Gasteiger partial charge < -0.3 is 25.1 Å². The third-order valence-corrected chi connectivity index (χ3v) is 6.20. The molecule has 0 amide bonds. The maximum atomic E-state index is 13.5. The number of hydrogen-bond acceptors (Lipinski definition) is 10. The number of ether oxygens (including phenoxy) is 1. The highest BCUT2D eigenvalue weighted by Crippen LogP contribution is 2.37. The second kappa shape index (κ2) is 11.5. The van der Waals surface area contributed by atoms with Crippen molar-refractivity contribution in [3.8, 4) is 40.5 Å². The van der Waals surface area contributed by atoms with Crippen LogP contribution in [0.15, 0.2) is 64.2 Å². The summed E-state index contributed by atoms with van der Waals surface area (Å²) in [4.78, 5) is 8.66. The fourth-order valence-electron chi connectivity index (χ4n) is 3.42. The van der Waals surface area contributed by atoms with Gasteiger partial charge in [-0.25, -0.2) is 14.4 Å². The molecule has 2 aromatic carbocycles. The van der Waals surface area contributed by atoms with Crippen molar-refractivity contribution in [2.45, 2.75) is 16.9 Å². The Hall–Kier alpha value is -4.42. The molecule has 4 aromatic rings. The molecule has 0 radical (unpaired) electrons. The Balaban J connectivity index is 1.60. The van der Waals surface area contributed by atoms with Gasteiger partial charge >= 0.3 is 0 Å². The lowest BCUT2D eigenvalue weighted by Gasteiger charge is -2.14. The topological polar surface area (TPSA) is 162 Å². The summed E-state index contributed by atoms with van der Waals surface area (Å²) in [7, 11) is 0. The molecule has 0 aliphatic carbocycles. The largest absolute Gasteiger partial charge is 0.491 e. The highest BCUT2D eigenvalue weighted by molar-refractivity contribution is 7.98. The molecule has 0 spiro atoms. The number of pyridine rings is 1. The molecule has 11 heteroatoms. The molecule has 0 saturated carbocycles. The third kappa shape index (κ3) is 5.88. The van der Waals surface area contributed by atoms with Crippen molar-refractivity contribution in [3.63, 3.8) is 0 Å². The van der Waals surface area contributed by atoms with Crippen LogP contribution in [0, 0.1) is 28.5 Å². The Labute approximate surface area is 215 Å². The first-order chi connectivity index (χ1) is 17.9. The van der Waals surface area contributed by atoms with Gasteiger partial charge in [0, 0.05) is 16.9 Å². The van der Waals surface area contributed by atoms with Gasteiger partial charge in [0.2, 0.25) is 5.89 Å². The molecule has 4 rings (SSSR count). The number of hydrogen-bond donors (Lipinski definition) is 3. The fourth-order valence-corrected chi connectivity index (χ4v) is 4.30. The van der Waals surface area contributed by atoms with Crippen LogP contribution in [0.2, 0.25) is 0 Å². The Bertz CT molecular complexity index is 1490. The van der Waals surface area contributed by atoms with E-state index in [1.807, 2.05) is 6.07 Å². The maximum absolute atomic E-state index is 13.5. The highest BCUT2D eigenvalue weighted by atomic mass is 32.2. The predicted octanol–water partition coefficient (Wildman–Crippen LogP) is 3.89. The molecule has 0 bridgehead atoms. The minimum Gasteiger partial charge on any atom is -0.491 e. The molecule has 186 valence electrons. The van der Waals surface area contributed by atoms with E-state index in [0.29, 0.717) is 33.2 Å².